The molecule has 0 atom stereocenters. The minimum absolute atomic E-state index is 0.144. The standard InChI is InChI=1S/C22H28N2O4S/c1-4-28-20-11-8-18(9-12-20)16-23(3)22(25)19-10-7-17(2)21(15-19)24-13-5-6-14-29(24,26)27/h7-12,15H,4-6,13-14,16H2,1-3H3. The van der Waals surface area contributed by atoms with Crippen molar-refractivity contribution in [1.29, 1.82) is 0 Å². The van der Waals surface area contributed by atoms with Crippen LogP contribution in [0.5, 0.6) is 5.75 Å². The van der Waals surface area contributed by atoms with E-state index in [-0.39, 0.29) is 11.7 Å². The van der Waals surface area contributed by atoms with Crippen LogP contribution in [0.15, 0.2) is 42.5 Å². The van der Waals surface area contributed by atoms with Crippen LogP contribution in [0, 0.1) is 6.92 Å². The Kier molecular flexibility index (Phi) is 6.47. The number of hydrogen-bond donors (Lipinski definition) is 0. The van der Waals surface area contributed by atoms with Crippen molar-refractivity contribution >= 4 is 21.6 Å². The molecule has 156 valence electrons. The number of hydrogen-bond acceptors (Lipinski definition) is 4. The van der Waals surface area contributed by atoms with Gasteiger partial charge in [0, 0.05) is 25.7 Å². The Morgan fingerprint density at radius 2 is 1.86 bits per heavy atom. The van der Waals surface area contributed by atoms with Crippen LogP contribution in [0.2, 0.25) is 0 Å². The van der Waals surface area contributed by atoms with Gasteiger partial charge in [-0.05, 0) is 62.1 Å². The Morgan fingerprint density at radius 3 is 2.52 bits per heavy atom. The summed E-state index contributed by atoms with van der Waals surface area (Å²) in [4.78, 5) is 14.6. The normalized spacial score (nSPS) is 15.8. The van der Waals surface area contributed by atoms with Crippen molar-refractivity contribution in [1.82, 2.24) is 4.90 Å². The van der Waals surface area contributed by atoms with Gasteiger partial charge in [0.1, 0.15) is 5.75 Å². The SMILES string of the molecule is CCOc1ccc(CN(C)C(=O)c2ccc(C)c(N3CCCCS3(=O)=O)c2)cc1. The fraction of sp³-hybridized carbons (Fsp3) is 0.409. The van der Waals surface area contributed by atoms with E-state index in [4.69, 9.17) is 4.74 Å². The highest BCUT2D eigenvalue weighted by atomic mass is 32.2. The number of amides is 1. The first-order valence-corrected chi connectivity index (χ1v) is 11.5. The number of rotatable bonds is 6. The zero-order chi connectivity index (χ0) is 21.0. The quantitative estimate of drug-likeness (QED) is 0.722. The molecule has 3 rings (SSSR count). The predicted molar refractivity (Wildman–Crippen MR) is 115 cm³/mol. The average Bonchev–Trinajstić information content (AvgIpc) is 2.69. The Hall–Kier alpha value is -2.54. The van der Waals surface area contributed by atoms with Gasteiger partial charge in [-0.15, -0.1) is 0 Å². The average molecular weight is 417 g/mol. The van der Waals surface area contributed by atoms with E-state index in [9.17, 15) is 13.2 Å². The summed E-state index contributed by atoms with van der Waals surface area (Å²) in [7, 11) is -1.58. The lowest BCUT2D eigenvalue weighted by Crippen LogP contribution is -2.38. The van der Waals surface area contributed by atoms with Crippen LogP contribution < -0.4 is 9.04 Å². The molecule has 7 heteroatoms. The van der Waals surface area contributed by atoms with Crippen molar-refractivity contribution in [2.75, 3.05) is 30.3 Å². The van der Waals surface area contributed by atoms with Gasteiger partial charge in [0.15, 0.2) is 0 Å². The van der Waals surface area contributed by atoms with Gasteiger partial charge in [0.05, 0.1) is 18.0 Å². The van der Waals surface area contributed by atoms with Gasteiger partial charge in [0.2, 0.25) is 10.0 Å². The van der Waals surface area contributed by atoms with Crippen LogP contribution in [0.4, 0.5) is 5.69 Å². The van der Waals surface area contributed by atoms with Gasteiger partial charge in [-0.2, -0.15) is 0 Å². The van der Waals surface area contributed by atoms with Crippen molar-refractivity contribution in [2.45, 2.75) is 33.2 Å². The molecule has 0 unspecified atom stereocenters. The largest absolute Gasteiger partial charge is 0.494 e. The van der Waals surface area contributed by atoms with Gasteiger partial charge < -0.3 is 9.64 Å². The molecule has 0 spiro atoms. The van der Waals surface area contributed by atoms with Gasteiger partial charge in [0.25, 0.3) is 5.91 Å². The van der Waals surface area contributed by atoms with Gasteiger partial charge in [-0.25, -0.2) is 8.42 Å². The van der Waals surface area contributed by atoms with Crippen LogP contribution in [0.1, 0.15) is 41.3 Å². The Bertz CT molecular complexity index is 971. The topological polar surface area (TPSA) is 66.9 Å². The zero-order valence-electron chi connectivity index (χ0n) is 17.2. The molecule has 0 saturated carbocycles. The predicted octanol–water partition coefficient (Wildman–Crippen LogP) is 3.60. The molecular weight excluding hydrogens is 388 g/mol. The second kappa shape index (κ2) is 8.86. The van der Waals surface area contributed by atoms with Crippen LogP contribution >= 0.6 is 0 Å². The minimum Gasteiger partial charge on any atom is -0.494 e. The first kappa shape index (κ1) is 21.2. The van der Waals surface area contributed by atoms with E-state index in [1.165, 1.54) is 4.31 Å². The monoisotopic (exact) mass is 416 g/mol. The number of nitrogens with zero attached hydrogens (tertiary/aromatic N) is 2. The number of carbonyl (C=O) groups is 1. The third-order valence-corrected chi connectivity index (χ3v) is 6.93. The van der Waals surface area contributed by atoms with Crippen molar-refractivity contribution in [2.24, 2.45) is 0 Å². The van der Waals surface area contributed by atoms with E-state index < -0.39 is 10.0 Å². The van der Waals surface area contributed by atoms with Crippen molar-refractivity contribution in [3.63, 3.8) is 0 Å². The molecule has 6 nitrogen and oxygen atoms in total. The molecule has 0 aliphatic carbocycles. The maximum atomic E-state index is 13.0. The fourth-order valence-corrected chi connectivity index (χ4v) is 5.19. The second-order valence-electron chi connectivity index (χ2n) is 7.33. The van der Waals surface area contributed by atoms with Crippen LogP contribution in [0.3, 0.4) is 0 Å². The summed E-state index contributed by atoms with van der Waals surface area (Å²) in [6.07, 6.45) is 1.51. The minimum atomic E-state index is -3.32. The van der Waals surface area contributed by atoms with E-state index in [1.807, 2.05) is 44.2 Å². The molecule has 0 N–H and O–H groups in total. The Morgan fingerprint density at radius 1 is 1.14 bits per heavy atom. The van der Waals surface area contributed by atoms with Crippen LogP contribution in [-0.2, 0) is 16.6 Å². The lowest BCUT2D eigenvalue weighted by atomic mass is 10.1. The van der Waals surface area contributed by atoms with E-state index in [0.717, 1.165) is 23.3 Å². The lowest BCUT2D eigenvalue weighted by Gasteiger charge is -2.30. The first-order chi connectivity index (χ1) is 13.8. The summed E-state index contributed by atoms with van der Waals surface area (Å²) in [5, 5.41) is 0. The van der Waals surface area contributed by atoms with Crippen molar-refractivity contribution < 1.29 is 17.9 Å². The molecule has 1 saturated heterocycles. The second-order valence-corrected chi connectivity index (χ2v) is 9.35. The third kappa shape index (κ3) is 4.90. The number of aryl methyl sites for hydroxylation is 1. The molecule has 1 heterocycles. The molecule has 0 radical (unpaired) electrons. The van der Waals surface area contributed by atoms with Crippen LogP contribution in [0.25, 0.3) is 0 Å². The van der Waals surface area contributed by atoms with E-state index in [1.54, 1.807) is 24.1 Å². The molecule has 1 fully saturated rings. The summed E-state index contributed by atoms with van der Waals surface area (Å²) in [5.41, 5.74) is 2.93. The van der Waals surface area contributed by atoms with E-state index >= 15 is 0 Å². The highest BCUT2D eigenvalue weighted by Gasteiger charge is 2.28. The molecule has 0 bridgehead atoms. The number of ether oxygens (including phenoxy) is 1. The smallest absolute Gasteiger partial charge is 0.253 e. The summed E-state index contributed by atoms with van der Waals surface area (Å²) in [5.74, 6) is 0.813. The molecule has 29 heavy (non-hydrogen) atoms. The highest BCUT2D eigenvalue weighted by Crippen LogP contribution is 2.28. The summed E-state index contributed by atoms with van der Waals surface area (Å²) >= 11 is 0. The summed E-state index contributed by atoms with van der Waals surface area (Å²) < 4.78 is 31.9. The van der Waals surface area contributed by atoms with E-state index in [2.05, 4.69) is 0 Å². The molecule has 1 aliphatic heterocycles. The molecule has 0 aromatic heterocycles. The fourth-order valence-electron chi connectivity index (χ4n) is 3.49. The number of carbonyl (C=O) groups excluding carboxylic acids is 1. The number of sulfonamides is 1. The van der Waals surface area contributed by atoms with Gasteiger partial charge in [-0.1, -0.05) is 18.2 Å². The lowest BCUT2D eigenvalue weighted by molar-refractivity contribution is 0.0785. The Balaban J connectivity index is 1.78. The summed E-state index contributed by atoms with van der Waals surface area (Å²) in [6.45, 7) is 5.34. The molecule has 1 amide bonds. The third-order valence-electron chi connectivity index (χ3n) is 5.07. The number of benzene rings is 2. The number of anilines is 1. The van der Waals surface area contributed by atoms with E-state index in [0.29, 0.717) is 37.4 Å². The van der Waals surface area contributed by atoms with Gasteiger partial charge in [-0.3, -0.25) is 9.10 Å². The van der Waals surface area contributed by atoms with Crippen LogP contribution in [-0.4, -0.2) is 45.2 Å². The zero-order valence-corrected chi connectivity index (χ0v) is 18.0. The maximum Gasteiger partial charge on any atom is 0.253 e. The first-order valence-electron chi connectivity index (χ1n) is 9.90. The highest BCUT2D eigenvalue weighted by molar-refractivity contribution is 7.92. The maximum absolute atomic E-state index is 13.0. The molecule has 1 aliphatic rings. The van der Waals surface area contributed by atoms with Crippen molar-refractivity contribution in [3.05, 3.63) is 59.2 Å². The van der Waals surface area contributed by atoms with Gasteiger partial charge >= 0.3 is 0 Å². The molecular formula is C22H28N2O4S. The van der Waals surface area contributed by atoms with Crippen molar-refractivity contribution in [3.8, 4) is 5.75 Å². The molecule has 2 aromatic carbocycles. The Labute approximate surface area is 173 Å². The molecule has 2 aromatic rings. The summed E-state index contributed by atoms with van der Waals surface area (Å²) in [6, 6.07) is 12.9.